The predicted molar refractivity (Wildman–Crippen MR) is 145 cm³/mol. The molecule has 0 fully saturated rings. The Hall–Kier alpha value is -3.95. The molecule has 0 aromatic heterocycles. The van der Waals surface area contributed by atoms with Gasteiger partial charge in [-0.15, -0.1) is 0 Å². The van der Waals surface area contributed by atoms with Crippen molar-refractivity contribution in [1.82, 2.24) is 25.3 Å². The van der Waals surface area contributed by atoms with E-state index in [1.165, 1.54) is 14.7 Å². The maximum atomic E-state index is 12.8. The van der Waals surface area contributed by atoms with E-state index in [1.54, 1.807) is 27.7 Å². The van der Waals surface area contributed by atoms with E-state index in [2.05, 4.69) is 43.5 Å². The van der Waals surface area contributed by atoms with Crippen molar-refractivity contribution in [2.75, 3.05) is 52.4 Å². The minimum atomic E-state index is -0.358. The van der Waals surface area contributed by atoms with Crippen LogP contribution in [-0.4, -0.2) is 96.6 Å². The molecule has 0 saturated heterocycles. The number of nitrogens with zero attached hydrogens (tertiary/aromatic N) is 3. The van der Waals surface area contributed by atoms with E-state index in [9.17, 15) is 24.0 Å². The Balaban J connectivity index is 5.48. The lowest BCUT2D eigenvalue weighted by Crippen LogP contribution is -2.47. The Morgan fingerprint density at radius 2 is 0.892 bits per heavy atom. The van der Waals surface area contributed by atoms with Gasteiger partial charge in [0, 0.05) is 74.7 Å². The van der Waals surface area contributed by atoms with Crippen LogP contribution in [-0.2, 0) is 24.0 Å². The van der Waals surface area contributed by atoms with Gasteiger partial charge in [0.1, 0.15) is 0 Å². The minimum Gasteiger partial charge on any atom is -0.351 e. The van der Waals surface area contributed by atoms with E-state index >= 15 is 0 Å². The largest absolute Gasteiger partial charge is 0.351 e. The second-order valence-corrected chi connectivity index (χ2v) is 8.75. The highest BCUT2D eigenvalue weighted by molar-refractivity contribution is 5.94. The summed E-state index contributed by atoms with van der Waals surface area (Å²) in [6.45, 7) is 26.0. The molecule has 204 valence electrons. The van der Waals surface area contributed by atoms with Gasteiger partial charge in [-0.25, -0.2) is 0 Å². The molecule has 0 aliphatic heterocycles. The average Bonchev–Trinajstić information content (AvgIpc) is 2.84. The molecule has 0 aromatic carbocycles. The van der Waals surface area contributed by atoms with Crippen LogP contribution in [0.3, 0.4) is 0 Å². The first-order valence-corrected chi connectivity index (χ1v) is 11.9. The van der Waals surface area contributed by atoms with Gasteiger partial charge in [0.25, 0.3) is 0 Å². The summed E-state index contributed by atoms with van der Waals surface area (Å²) in [5, 5.41) is 5.30. The molecule has 0 rings (SSSR count). The lowest BCUT2D eigenvalue weighted by Gasteiger charge is -2.31. The van der Waals surface area contributed by atoms with Crippen LogP contribution < -0.4 is 10.6 Å². The van der Waals surface area contributed by atoms with Crippen molar-refractivity contribution in [1.29, 1.82) is 0 Å². The Morgan fingerprint density at radius 3 is 1.19 bits per heavy atom. The second kappa shape index (κ2) is 16.7. The molecule has 37 heavy (non-hydrogen) atoms. The molecule has 0 atom stereocenters. The van der Waals surface area contributed by atoms with Crippen LogP contribution in [0.4, 0.5) is 0 Å². The first kappa shape index (κ1) is 33.0. The van der Waals surface area contributed by atoms with Gasteiger partial charge in [0.15, 0.2) is 0 Å². The maximum absolute atomic E-state index is 12.8. The van der Waals surface area contributed by atoms with Crippen LogP contribution in [0, 0.1) is 0 Å². The van der Waals surface area contributed by atoms with E-state index in [0.29, 0.717) is 22.3 Å². The Kier molecular flexibility index (Phi) is 14.9. The zero-order valence-corrected chi connectivity index (χ0v) is 22.7. The number of carbonyl (C=O) groups excluding carboxylic acids is 5. The van der Waals surface area contributed by atoms with Gasteiger partial charge in [-0.2, -0.15) is 0 Å². The SMILES string of the molecule is C=CC(=O)NCCN(CCN(CCN(CCNC(=O)C(=C)C)C(=O)C(=C)C)C(=O)C(=C)C)C(=O)C(=C)C. The molecule has 2 N–H and O–H groups in total. The van der Waals surface area contributed by atoms with Crippen molar-refractivity contribution >= 4 is 29.5 Å². The van der Waals surface area contributed by atoms with Crippen LogP contribution in [0.1, 0.15) is 27.7 Å². The summed E-state index contributed by atoms with van der Waals surface area (Å²) in [6.07, 6.45) is 1.14. The number of nitrogens with one attached hydrogen (secondary N) is 2. The lowest BCUT2D eigenvalue weighted by molar-refractivity contribution is -0.132. The van der Waals surface area contributed by atoms with Crippen molar-refractivity contribution < 1.29 is 24.0 Å². The number of rotatable bonds is 17. The fourth-order valence-corrected chi connectivity index (χ4v) is 3.08. The van der Waals surface area contributed by atoms with E-state index in [4.69, 9.17) is 0 Å². The molecule has 0 bridgehead atoms. The summed E-state index contributed by atoms with van der Waals surface area (Å²) in [6, 6.07) is 0. The molecule has 0 heterocycles. The van der Waals surface area contributed by atoms with Gasteiger partial charge in [-0.3, -0.25) is 24.0 Å². The molecule has 10 nitrogen and oxygen atoms in total. The van der Waals surface area contributed by atoms with Crippen LogP contribution in [0.25, 0.3) is 0 Å². The highest BCUT2D eigenvalue weighted by Gasteiger charge is 2.21. The van der Waals surface area contributed by atoms with E-state index in [0.717, 1.165) is 6.08 Å². The standard InChI is InChI=1S/C27H41N5O5/c1-10-23(33)28-11-13-30(25(35)20(4)5)15-17-32(27(37)22(8)9)18-16-31(26(36)21(6)7)14-12-29-24(34)19(2)3/h10H,1-2,4,6,8,11-18H2,3,5,7,9H3,(H,28,33)(H,29,34). The summed E-state index contributed by atoms with van der Waals surface area (Å²) in [5.41, 5.74) is 1.31. The number of amides is 5. The van der Waals surface area contributed by atoms with Crippen molar-refractivity contribution in [2.24, 2.45) is 0 Å². The van der Waals surface area contributed by atoms with Gasteiger partial charge in [-0.1, -0.05) is 32.9 Å². The zero-order valence-electron chi connectivity index (χ0n) is 22.7. The van der Waals surface area contributed by atoms with E-state index in [-0.39, 0.29) is 81.9 Å². The molecule has 5 amide bonds. The van der Waals surface area contributed by atoms with Crippen LogP contribution in [0.2, 0.25) is 0 Å². The summed E-state index contributed by atoms with van der Waals surface area (Å²) in [5.74, 6) is -1.59. The van der Waals surface area contributed by atoms with Crippen molar-refractivity contribution in [3.63, 3.8) is 0 Å². The lowest BCUT2D eigenvalue weighted by atomic mass is 10.2. The van der Waals surface area contributed by atoms with E-state index < -0.39 is 0 Å². The molecule has 0 unspecified atom stereocenters. The van der Waals surface area contributed by atoms with Gasteiger partial charge in [0.05, 0.1) is 0 Å². The third kappa shape index (κ3) is 12.5. The van der Waals surface area contributed by atoms with Gasteiger partial charge in [0.2, 0.25) is 29.5 Å². The third-order valence-corrected chi connectivity index (χ3v) is 5.16. The first-order chi connectivity index (χ1) is 17.2. The third-order valence-electron chi connectivity index (χ3n) is 5.16. The van der Waals surface area contributed by atoms with Crippen molar-refractivity contribution in [3.05, 3.63) is 61.3 Å². The van der Waals surface area contributed by atoms with Crippen LogP contribution in [0.5, 0.6) is 0 Å². The zero-order chi connectivity index (χ0) is 28.7. The predicted octanol–water partition coefficient (Wildman–Crippen LogP) is 1.20. The van der Waals surface area contributed by atoms with Crippen LogP contribution >= 0.6 is 0 Å². The highest BCUT2D eigenvalue weighted by Crippen LogP contribution is 2.06. The summed E-state index contributed by atoms with van der Waals surface area (Å²) in [7, 11) is 0. The van der Waals surface area contributed by atoms with Crippen molar-refractivity contribution in [2.45, 2.75) is 27.7 Å². The smallest absolute Gasteiger partial charge is 0.249 e. The van der Waals surface area contributed by atoms with Gasteiger partial charge >= 0.3 is 0 Å². The maximum Gasteiger partial charge on any atom is 0.249 e. The van der Waals surface area contributed by atoms with Crippen LogP contribution in [0.15, 0.2) is 61.3 Å². The first-order valence-electron chi connectivity index (χ1n) is 11.9. The number of hydrogen-bond acceptors (Lipinski definition) is 5. The molecule has 0 spiro atoms. The molecule has 0 radical (unpaired) electrons. The average molecular weight is 516 g/mol. The summed E-state index contributed by atoms with van der Waals surface area (Å²) in [4.78, 5) is 65.9. The quantitative estimate of drug-likeness (QED) is 0.282. The topological polar surface area (TPSA) is 119 Å². The Labute approximate surface area is 220 Å². The molecule has 10 heteroatoms. The second-order valence-electron chi connectivity index (χ2n) is 8.75. The molecule has 0 aromatic rings. The molecular formula is C27H41N5O5. The monoisotopic (exact) mass is 515 g/mol. The Bertz CT molecular complexity index is 953. The number of carbonyl (C=O) groups is 5. The summed E-state index contributed by atoms with van der Waals surface area (Å²) >= 11 is 0. The van der Waals surface area contributed by atoms with Crippen molar-refractivity contribution in [3.8, 4) is 0 Å². The molecule has 0 aliphatic carbocycles. The summed E-state index contributed by atoms with van der Waals surface area (Å²) < 4.78 is 0. The number of hydrogen-bond donors (Lipinski definition) is 2. The van der Waals surface area contributed by atoms with Gasteiger partial charge < -0.3 is 25.3 Å². The fourth-order valence-electron chi connectivity index (χ4n) is 3.08. The minimum absolute atomic E-state index is 0.168. The fraction of sp³-hybridized carbons (Fsp3) is 0.444. The highest BCUT2D eigenvalue weighted by atomic mass is 16.2. The van der Waals surface area contributed by atoms with E-state index in [1.807, 2.05) is 0 Å². The molecule has 0 aliphatic rings. The van der Waals surface area contributed by atoms with Gasteiger partial charge in [-0.05, 0) is 33.8 Å². The molecule has 0 saturated carbocycles. The Morgan fingerprint density at radius 1 is 0.568 bits per heavy atom. The normalized spacial score (nSPS) is 9.95. The molecular weight excluding hydrogens is 474 g/mol.